The molecule has 3 rings (SSSR count). The second-order valence-electron chi connectivity index (χ2n) is 8.79. The van der Waals surface area contributed by atoms with Crippen LogP contribution >= 0.6 is 0 Å². The van der Waals surface area contributed by atoms with Crippen molar-refractivity contribution in [1.82, 2.24) is 14.8 Å². The summed E-state index contributed by atoms with van der Waals surface area (Å²) in [5, 5.41) is 12.7. The van der Waals surface area contributed by atoms with Gasteiger partial charge in [0, 0.05) is 37.6 Å². The number of morpholine rings is 1. The van der Waals surface area contributed by atoms with Crippen LogP contribution in [0.3, 0.4) is 0 Å². The first kappa shape index (κ1) is 23.8. The third-order valence-electron chi connectivity index (χ3n) is 5.95. The van der Waals surface area contributed by atoms with Gasteiger partial charge in [0.1, 0.15) is 11.6 Å². The summed E-state index contributed by atoms with van der Waals surface area (Å²) >= 11 is 0. The Balaban J connectivity index is 1.76. The molecule has 170 valence electrons. The summed E-state index contributed by atoms with van der Waals surface area (Å²) in [5.41, 5.74) is 4.41. The lowest BCUT2D eigenvalue weighted by molar-refractivity contribution is -0.117. The van der Waals surface area contributed by atoms with Crippen molar-refractivity contribution in [2.45, 2.75) is 40.3 Å². The minimum absolute atomic E-state index is 0.0418. The molecule has 1 amide bonds. The van der Waals surface area contributed by atoms with Gasteiger partial charge in [0.05, 0.1) is 19.3 Å². The smallest absolute Gasteiger partial charge is 0.262 e. The summed E-state index contributed by atoms with van der Waals surface area (Å²) < 4.78 is 7.74. The Morgan fingerprint density at radius 3 is 2.53 bits per heavy atom. The van der Waals surface area contributed by atoms with E-state index in [1.54, 1.807) is 6.08 Å². The number of nitrogens with one attached hydrogen (secondary N) is 1. The zero-order valence-corrected chi connectivity index (χ0v) is 19.6. The van der Waals surface area contributed by atoms with Gasteiger partial charge >= 0.3 is 0 Å². The SMILES string of the molecule is Cc1cc(/C=C(\C#N)C(=O)NCC(c2ccccc2)N2CCOCC2)c(C)n1CC(C)C. The van der Waals surface area contributed by atoms with Crippen LogP contribution in [0.2, 0.25) is 0 Å². The van der Waals surface area contributed by atoms with Crippen molar-refractivity contribution in [2.24, 2.45) is 5.92 Å². The van der Waals surface area contributed by atoms with Gasteiger partial charge in [-0.3, -0.25) is 9.69 Å². The van der Waals surface area contributed by atoms with Gasteiger partial charge in [-0.05, 0) is 43.0 Å². The molecular weight excluding hydrogens is 400 g/mol. The Kier molecular flexibility index (Phi) is 8.26. The van der Waals surface area contributed by atoms with Crippen LogP contribution in [0.15, 0.2) is 42.0 Å². The van der Waals surface area contributed by atoms with Gasteiger partial charge in [0.2, 0.25) is 0 Å². The third-order valence-corrected chi connectivity index (χ3v) is 5.95. The van der Waals surface area contributed by atoms with Crippen molar-refractivity contribution >= 4 is 12.0 Å². The number of carbonyl (C=O) groups is 1. The summed E-state index contributed by atoms with van der Waals surface area (Å²) in [6, 6.07) is 14.4. The van der Waals surface area contributed by atoms with E-state index in [9.17, 15) is 10.1 Å². The van der Waals surface area contributed by atoms with E-state index in [0.717, 1.165) is 42.1 Å². The lowest BCUT2D eigenvalue weighted by Gasteiger charge is -2.34. The Morgan fingerprint density at radius 2 is 1.91 bits per heavy atom. The number of carbonyl (C=O) groups excluding carboxylic acids is 1. The summed E-state index contributed by atoms with van der Waals surface area (Å²) in [6.45, 7) is 12.8. The topological polar surface area (TPSA) is 70.3 Å². The molecule has 0 radical (unpaired) electrons. The molecule has 1 unspecified atom stereocenters. The number of rotatable bonds is 8. The van der Waals surface area contributed by atoms with Crippen LogP contribution in [-0.4, -0.2) is 48.2 Å². The highest BCUT2D eigenvalue weighted by molar-refractivity contribution is 6.01. The van der Waals surface area contributed by atoms with Gasteiger partial charge in [-0.1, -0.05) is 44.2 Å². The molecule has 1 saturated heterocycles. The van der Waals surface area contributed by atoms with Crippen LogP contribution in [0, 0.1) is 31.1 Å². The molecule has 0 aliphatic carbocycles. The molecule has 1 N–H and O–H groups in total. The molecule has 0 bridgehead atoms. The van der Waals surface area contributed by atoms with E-state index >= 15 is 0 Å². The summed E-state index contributed by atoms with van der Waals surface area (Å²) in [4.78, 5) is 15.3. The average molecular weight is 435 g/mol. The van der Waals surface area contributed by atoms with Crippen LogP contribution in [0.4, 0.5) is 0 Å². The predicted octanol–water partition coefficient (Wildman–Crippen LogP) is 3.86. The number of ether oxygens (including phenoxy) is 1. The van der Waals surface area contributed by atoms with E-state index in [2.05, 4.69) is 53.8 Å². The fourth-order valence-electron chi connectivity index (χ4n) is 4.23. The summed E-state index contributed by atoms with van der Waals surface area (Å²) in [5.74, 6) is 0.181. The zero-order valence-electron chi connectivity index (χ0n) is 19.6. The fraction of sp³-hybridized carbons (Fsp3) is 0.462. The molecule has 1 atom stereocenters. The van der Waals surface area contributed by atoms with Gasteiger partial charge in [-0.25, -0.2) is 0 Å². The van der Waals surface area contributed by atoms with Crippen molar-refractivity contribution < 1.29 is 9.53 Å². The zero-order chi connectivity index (χ0) is 23.1. The maximum Gasteiger partial charge on any atom is 0.262 e. The highest BCUT2D eigenvalue weighted by Crippen LogP contribution is 2.22. The first-order chi connectivity index (χ1) is 15.4. The Labute approximate surface area is 191 Å². The van der Waals surface area contributed by atoms with Gasteiger partial charge < -0.3 is 14.6 Å². The van der Waals surface area contributed by atoms with E-state index in [-0.39, 0.29) is 17.5 Å². The highest BCUT2D eigenvalue weighted by Gasteiger charge is 2.24. The number of hydrogen-bond donors (Lipinski definition) is 1. The number of aromatic nitrogens is 1. The summed E-state index contributed by atoms with van der Waals surface area (Å²) in [7, 11) is 0. The molecule has 1 aromatic heterocycles. The van der Waals surface area contributed by atoms with Crippen LogP contribution in [0.5, 0.6) is 0 Å². The molecule has 0 spiro atoms. The molecule has 6 nitrogen and oxygen atoms in total. The van der Waals surface area contributed by atoms with Gasteiger partial charge in [0.15, 0.2) is 0 Å². The van der Waals surface area contributed by atoms with Crippen molar-refractivity contribution in [1.29, 1.82) is 5.26 Å². The largest absolute Gasteiger partial charge is 0.379 e. The van der Waals surface area contributed by atoms with Crippen molar-refractivity contribution in [3.05, 3.63) is 64.5 Å². The standard InChI is InChI=1S/C26H34N4O2/c1-19(2)18-30-20(3)14-23(21(30)4)15-24(16-27)26(31)28-17-25(22-8-6-5-7-9-22)29-10-12-32-13-11-29/h5-9,14-15,19,25H,10-13,17-18H2,1-4H3,(H,28,31)/b24-15+. The summed E-state index contributed by atoms with van der Waals surface area (Å²) in [6.07, 6.45) is 1.71. The number of hydrogen-bond acceptors (Lipinski definition) is 4. The molecule has 6 heteroatoms. The number of nitriles is 1. The van der Waals surface area contributed by atoms with Crippen molar-refractivity contribution in [3.63, 3.8) is 0 Å². The number of aryl methyl sites for hydroxylation is 1. The molecule has 2 aromatic rings. The lowest BCUT2D eigenvalue weighted by Crippen LogP contribution is -2.44. The Morgan fingerprint density at radius 1 is 1.22 bits per heavy atom. The van der Waals surface area contributed by atoms with Crippen molar-refractivity contribution in [3.8, 4) is 6.07 Å². The number of amides is 1. The second kappa shape index (κ2) is 11.1. The van der Waals surface area contributed by atoms with Crippen LogP contribution in [-0.2, 0) is 16.1 Å². The lowest BCUT2D eigenvalue weighted by atomic mass is 10.0. The quantitative estimate of drug-likeness (QED) is 0.506. The fourth-order valence-corrected chi connectivity index (χ4v) is 4.23. The molecule has 32 heavy (non-hydrogen) atoms. The molecule has 0 saturated carbocycles. The normalized spacial score (nSPS) is 16.1. The van der Waals surface area contributed by atoms with E-state index in [4.69, 9.17) is 4.74 Å². The van der Waals surface area contributed by atoms with Crippen LogP contribution in [0.25, 0.3) is 6.08 Å². The van der Waals surface area contributed by atoms with E-state index in [1.807, 2.05) is 31.2 Å². The minimum Gasteiger partial charge on any atom is -0.379 e. The first-order valence-electron chi connectivity index (χ1n) is 11.3. The Hall–Kier alpha value is -2.88. The third kappa shape index (κ3) is 5.87. The van der Waals surface area contributed by atoms with E-state index < -0.39 is 0 Å². The number of nitrogens with zero attached hydrogens (tertiary/aromatic N) is 3. The molecular formula is C26H34N4O2. The molecule has 1 aliphatic heterocycles. The molecule has 1 aliphatic rings. The Bertz CT molecular complexity index is 979. The van der Waals surface area contributed by atoms with E-state index in [0.29, 0.717) is 25.7 Å². The van der Waals surface area contributed by atoms with Gasteiger partial charge in [0.25, 0.3) is 5.91 Å². The molecule has 1 fully saturated rings. The molecule has 1 aromatic carbocycles. The van der Waals surface area contributed by atoms with Gasteiger partial charge in [-0.2, -0.15) is 5.26 Å². The monoisotopic (exact) mass is 434 g/mol. The number of benzene rings is 1. The maximum absolute atomic E-state index is 12.9. The second-order valence-corrected chi connectivity index (χ2v) is 8.79. The predicted molar refractivity (Wildman–Crippen MR) is 127 cm³/mol. The van der Waals surface area contributed by atoms with Crippen LogP contribution < -0.4 is 5.32 Å². The average Bonchev–Trinajstić information content (AvgIpc) is 3.05. The first-order valence-corrected chi connectivity index (χ1v) is 11.3. The maximum atomic E-state index is 12.9. The molecule has 2 heterocycles. The van der Waals surface area contributed by atoms with Gasteiger partial charge in [-0.15, -0.1) is 0 Å². The van der Waals surface area contributed by atoms with E-state index in [1.165, 1.54) is 0 Å². The highest BCUT2D eigenvalue weighted by atomic mass is 16.5. The minimum atomic E-state index is -0.338. The van der Waals surface area contributed by atoms with Crippen LogP contribution in [0.1, 0.15) is 42.4 Å². The van der Waals surface area contributed by atoms with Crippen molar-refractivity contribution in [2.75, 3.05) is 32.8 Å².